The Labute approximate surface area is 109 Å². The van der Waals surface area contributed by atoms with Crippen LogP contribution in [0, 0.1) is 0 Å². The summed E-state index contributed by atoms with van der Waals surface area (Å²) >= 11 is 0. The van der Waals surface area contributed by atoms with Crippen molar-refractivity contribution in [1.29, 1.82) is 0 Å². The minimum Gasteiger partial charge on any atom is -0.494 e. The first-order valence-electron chi connectivity index (χ1n) is 6.90. The van der Waals surface area contributed by atoms with Gasteiger partial charge in [-0.2, -0.15) is 0 Å². The minimum absolute atomic E-state index is 0.270. The number of likely N-dealkylation sites (tertiary alicyclic amines) is 1. The molecule has 2 rings (SSSR count). The van der Waals surface area contributed by atoms with Gasteiger partial charge in [-0.25, -0.2) is 0 Å². The van der Waals surface area contributed by atoms with Gasteiger partial charge in [-0.3, -0.25) is 4.90 Å². The first-order valence-corrected chi connectivity index (χ1v) is 6.90. The van der Waals surface area contributed by atoms with Crippen LogP contribution in [0.2, 0.25) is 0 Å². The van der Waals surface area contributed by atoms with Gasteiger partial charge in [-0.15, -0.1) is 0 Å². The first-order chi connectivity index (χ1) is 8.83. The van der Waals surface area contributed by atoms with E-state index in [1.54, 1.807) is 0 Å². The Morgan fingerprint density at radius 1 is 1.44 bits per heavy atom. The summed E-state index contributed by atoms with van der Waals surface area (Å²) in [6, 6.07) is 8.63. The van der Waals surface area contributed by atoms with Crippen LogP contribution < -0.4 is 4.74 Å². The van der Waals surface area contributed by atoms with Crippen molar-refractivity contribution in [1.82, 2.24) is 4.90 Å². The van der Waals surface area contributed by atoms with Crippen molar-refractivity contribution in [3.63, 3.8) is 0 Å². The second-order valence-electron chi connectivity index (χ2n) is 4.94. The Bertz CT molecular complexity index is 367. The summed E-state index contributed by atoms with van der Waals surface area (Å²) in [5, 5.41) is 9.32. The largest absolute Gasteiger partial charge is 0.494 e. The third-order valence-corrected chi connectivity index (χ3v) is 3.47. The van der Waals surface area contributed by atoms with E-state index >= 15 is 0 Å². The van der Waals surface area contributed by atoms with Crippen molar-refractivity contribution < 1.29 is 9.84 Å². The number of hydrogen-bond acceptors (Lipinski definition) is 3. The third-order valence-electron chi connectivity index (χ3n) is 3.47. The number of hydrogen-bond donors (Lipinski definition) is 1. The average molecular weight is 249 g/mol. The molecule has 1 aliphatic rings. The molecule has 1 heterocycles. The van der Waals surface area contributed by atoms with Crippen LogP contribution in [0.25, 0.3) is 0 Å². The predicted octanol–water partition coefficient (Wildman–Crippen LogP) is 2.43. The molecule has 3 heteroatoms. The highest BCUT2D eigenvalue weighted by molar-refractivity contribution is 5.28. The van der Waals surface area contributed by atoms with E-state index in [9.17, 15) is 5.11 Å². The molecule has 1 atom stereocenters. The Morgan fingerprint density at radius 2 is 2.33 bits per heavy atom. The zero-order chi connectivity index (χ0) is 12.8. The maximum Gasteiger partial charge on any atom is 0.119 e. The Morgan fingerprint density at radius 3 is 3.11 bits per heavy atom. The summed E-state index contributed by atoms with van der Waals surface area (Å²) in [5.74, 6) is 0.953. The Hall–Kier alpha value is -1.06. The van der Waals surface area contributed by atoms with Crippen molar-refractivity contribution in [2.45, 2.75) is 38.8 Å². The highest BCUT2D eigenvalue weighted by atomic mass is 16.5. The standard InChI is InChI=1S/C15H23NO2/c1-2-9-18-15-7-3-5-13(10-15)11-16-8-4-6-14(16)12-17/h3,5,7,10,14,17H,2,4,6,8-9,11-12H2,1H3/t14-/m1/s1. The summed E-state index contributed by atoms with van der Waals surface area (Å²) in [5.41, 5.74) is 1.27. The zero-order valence-corrected chi connectivity index (χ0v) is 11.1. The van der Waals surface area contributed by atoms with Gasteiger partial charge in [0, 0.05) is 12.6 Å². The molecule has 3 nitrogen and oxygen atoms in total. The quantitative estimate of drug-likeness (QED) is 0.840. The molecule has 1 aromatic rings. The number of ether oxygens (including phenoxy) is 1. The molecule has 1 fully saturated rings. The number of nitrogens with zero attached hydrogens (tertiary/aromatic N) is 1. The fraction of sp³-hybridized carbons (Fsp3) is 0.600. The maximum absolute atomic E-state index is 9.32. The molecule has 0 bridgehead atoms. The van der Waals surface area contributed by atoms with E-state index in [0.29, 0.717) is 6.04 Å². The molecule has 1 aromatic carbocycles. The van der Waals surface area contributed by atoms with Gasteiger partial charge < -0.3 is 9.84 Å². The van der Waals surface area contributed by atoms with Crippen molar-refractivity contribution in [2.75, 3.05) is 19.8 Å². The molecule has 0 amide bonds. The van der Waals surface area contributed by atoms with E-state index in [-0.39, 0.29) is 6.61 Å². The monoisotopic (exact) mass is 249 g/mol. The average Bonchev–Trinajstić information content (AvgIpc) is 2.84. The highest BCUT2D eigenvalue weighted by Crippen LogP contribution is 2.21. The maximum atomic E-state index is 9.32. The summed E-state index contributed by atoms with van der Waals surface area (Å²) in [6.45, 7) is 5.15. The van der Waals surface area contributed by atoms with E-state index in [0.717, 1.165) is 38.3 Å². The second-order valence-corrected chi connectivity index (χ2v) is 4.94. The van der Waals surface area contributed by atoms with Gasteiger partial charge in [0.1, 0.15) is 5.75 Å². The lowest BCUT2D eigenvalue weighted by Crippen LogP contribution is -2.31. The van der Waals surface area contributed by atoms with Gasteiger partial charge in [0.15, 0.2) is 0 Å². The lowest BCUT2D eigenvalue weighted by Gasteiger charge is -2.22. The molecule has 0 saturated carbocycles. The first kappa shape index (κ1) is 13.4. The highest BCUT2D eigenvalue weighted by Gasteiger charge is 2.23. The Kier molecular flexibility index (Phi) is 5.02. The lowest BCUT2D eigenvalue weighted by atomic mass is 10.2. The molecule has 1 saturated heterocycles. The minimum atomic E-state index is 0.270. The fourth-order valence-corrected chi connectivity index (χ4v) is 2.50. The van der Waals surface area contributed by atoms with E-state index < -0.39 is 0 Å². The van der Waals surface area contributed by atoms with Crippen LogP contribution in [0.15, 0.2) is 24.3 Å². The van der Waals surface area contributed by atoms with Gasteiger partial charge in [0.25, 0.3) is 0 Å². The Balaban J connectivity index is 1.96. The summed E-state index contributed by atoms with van der Waals surface area (Å²) in [4.78, 5) is 2.36. The molecule has 1 aliphatic heterocycles. The molecule has 0 unspecified atom stereocenters. The van der Waals surface area contributed by atoms with Gasteiger partial charge >= 0.3 is 0 Å². The van der Waals surface area contributed by atoms with Gasteiger partial charge in [0.2, 0.25) is 0 Å². The fourth-order valence-electron chi connectivity index (χ4n) is 2.50. The topological polar surface area (TPSA) is 32.7 Å². The van der Waals surface area contributed by atoms with Crippen LogP contribution in [0.5, 0.6) is 5.75 Å². The molecule has 100 valence electrons. The van der Waals surface area contributed by atoms with Gasteiger partial charge in [-0.05, 0) is 43.5 Å². The molecule has 18 heavy (non-hydrogen) atoms. The smallest absolute Gasteiger partial charge is 0.119 e. The van der Waals surface area contributed by atoms with Crippen molar-refractivity contribution in [3.8, 4) is 5.75 Å². The van der Waals surface area contributed by atoms with Crippen LogP contribution in [-0.4, -0.2) is 35.8 Å². The molecule has 0 aromatic heterocycles. The van der Waals surface area contributed by atoms with Crippen LogP contribution >= 0.6 is 0 Å². The molecule has 0 radical (unpaired) electrons. The van der Waals surface area contributed by atoms with E-state index in [4.69, 9.17) is 4.74 Å². The molecule has 0 spiro atoms. The van der Waals surface area contributed by atoms with Crippen LogP contribution in [-0.2, 0) is 6.54 Å². The van der Waals surface area contributed by atoms with E-state index in [2.05, 4.69) is 24.0 Å². The van der Waals surface area contributed by atoms with Gasteiger partial charge in [0.05, 0.1) is 13.2 Å². The number of aliphatic hydroxyl groups is 1. The number of aliphatic hydroxyl groups excluding tert-OH is 1. The SMILES string of the molecule is CCCOc1cccc(CN2CCC[C@@H]2CO)c1. The normalized spacial score (nSPS) is 20.2. The van der Waals surface area contributed by atoms with Crippen molar-refractivity contribution >= 4 is 0 Å². The lowest BCUT2D eigenvalue weighted by molar-refractivity contribution is 0.153. The third kappa shape index (κ3) is 3.47. The van der Waals surface area contributed by atoms with E-state index in [1.807, 2.05) is 12.1 Å². The summed E-state index contributed by atoms with van der Waals surface area (Å²) in [6.07, 6.45) is 3.34. The van der Waals surface area contributed by atoms with Crippen molar-refractivity contribution in [2.24, 2.45) is 0 Å². The zero-order valence-electron chi connectivity index (χ0n) is 11.1. The van der Waals surface area contributed by atoms with Crippen LogP contribution in [0.1, 0.15) is 31.7 Å². The molecular formula is C15H23NO2. The number of rotatable bonds is 6. The van der Waals surface area contributed by atoms with Crippen molar-refractivity contribution in [3.05, 3.63) is 29.8 Å². The summed E-state index contributed by atoms with van der Waals surface area (Å²) < 4.78 is 5.65. The summed E-state index contributed by atoms with van der Waals surface area (Å²) in [7, 11) is 0. The molecule has 0 aliphatic carbocycles. The molecule has 1 N–H and O–H groups in total. The molecular weight excluding hydrogens is 226 g/mol. The second kappa shape index (κ2) is 6.76. The van der Waals surface area contributed by atoms with Crippen LogP contribution in [0.4, 0.5) is 0 Å². The van der Waals surface area contributed by atoms with E-state index in [1.165, 1.54) is 12.0 Å². The number of benzene rings is 1. The predicted molar refractivity (Wildman–Crippen MR) is 72.7 cm³/mol. The van der Waals surface area contributed by atoms with Gasteiger partial charge in [-0.1, -0.05) is 19.1 Å². The van der Waals surface area contributed by atoms with Crippen LogP contribution in [0.3, 0.4) is 0 Å².